The summed E-state index contributed by atoms with van der Waals surface area (Å²) in [7, 11) is 0. The molecule has 276 valence electrons. The summed E-state index contributed by atoms with van der Waals surface area (Å²) in [4.78, 5) is 2.47. The lowest BCUT2D eigenvalue weighted by Crippen LogP contribution is -2.28. The van der Waals surface area contributed by atoms with Gasteiger partial charge in [-0.25, -0.2) is 0 Å². The predicted molar refractivity (Wildman–Crippen MR) is 248 cm³/mol. The SMILES string of the molecule is c1ccc(-n2c3ccccc3c3cc(N(c4ccc(C5(c6ccccc6)c6ccccc6-c6ccccc65)cc4)c4cc5ccccc5c5ccccc45)ccc32)cc1. The molecule has 0 fully saturated rings. The second kappa shape index (κ2) is 13.2. The topological polar surface area (TPSA) is 8.17 Å². The molecular formula is C57H38N2. The quantitative estimate of drug-likeness (QED) is 0.154. The maximum Gasteiger partial charge on any atom is 0.0713 e. The zero-order valence-electron chi connectivity index (χ0n) is 32.3. The van der Waals surface area contributed by atoms with Crippen LogP contribution in [0.1, 0.15) is 22.3 Å². The van der Waals surface area contributed by atoms with E-state index in [2.05, 4.69) is 240 Å². The van der Waals surface area contributed by atoms with Gasteiger partial charge in [-0.1, -0.05) is 176 Å². The first kappa shape index (κ1) is 33.5. The molecule has 10 aromatic carbocycles. The Labute approximate surface area is 343 Å². The fraction of sp³-hybridized carbons (Fsp3) is 0.0175. The lowest BCUT2D eigenvalue weighted by Gasteiger charge is -2.34. The first-order chi connectivity index (χ1) is 29.3. The van der Waals surface area contributed by atoms with E-state index in [-0.39, 0.29) is 0 Å². The average molecular weight is 751 g/mol. The van der Waals surface area contributed by atoms with Crippen LogP contribution in [0.3, 0.4) is 0 Å². The van der Waals surface area contributed by atoms with Crippen LogP contribution >= 0.6 is 0 Å². The summed E-state index contributed by atoms with van der Waals surface area (Å²) in [6, 6.07) is 84.9. The van der Waals surface area contributed by atoms with Crippen LogP contribution in [0, 0.1) is 0 Å². The molecule has 0 atom stereocenters. The van der Waals surface area contributed by atoms with Crippen LogP contribution in [-0.4, -0.2) is 4.57 Å². The number of nitrogens with zero attached hydrogens (tertiary/aromatic N) is 2. The van der Waals surface area contributed by atoms with Crippen molar-refractivity contribution < 1.29 is 0 Å². The molecule has 1 aliphatic rings. The zero-order chi connectivity index (χ0) is 38.9. The molecule has 0 saturated heterocycles. The van der Waals surface area contributed by atoms with E-state index < -0.39 is 5.41 Å². The molecule has 0 amide bonds. The van der Waals surface area contributed by atoms with E-state index in [0.29, 0.717) is 0 Å². The number of rotatable bonds is 6. The summed E-state index contributed by atoms with van der Waals surface area (Å²) in [6.07, 6.45) is 0. The first-order valence-corrected chi connectivity index (χ1v) is 20.4. The minimum Gasteiger partial charge on any atom is -0.310 e. The van der Waals surface area contributed by atoms with Gasteiger partial charge in [-0.15, -0.1) is 0 Å². The van der Waals surface area contributed by atoms with Gasteiger partial charge < -0.3 is 9.47 Å². The third-order valence-corrected chi connectivity index (χ3v) is 12.6. The van der Waals surface area contributed by atoms with Gasteiger partial charge in [0.1, 0.15) is 0 Å². The zero-order valence-corrected chi connectivity index (χ0v) is 32.3. The monoisotopic (exact) mass is 750 g/mol. The fourth-order valence-corrected chi connectivity index (χ4v) is 10.2. The van der Waals surface area contributed by atoms with E-state index in [9.17, 15) is 0 Å². The molecule has 0 unspecified atom stereocenters. The van der Waals surface area contributed by atoms with Gasteiger partial charge in [0.15, 0.2) is 0 Å². The third kappa shape index (κ3) is 4.93. The van der Waals surface area contributed by atoms with Gasteiger partial charge in [0.05, 0.1) is 22.1 Å². The third-order valence-electron chi connectivity index (χ3n) is 12.6. The summed E-state index contributed by atoms with van der Waals surface area (Å²) in [5.41, 5.74) is 14.2. The summed E-state index contributed by atoms with van der Waals surface area (Å²) in [5, 5.41) is 7.37. The minimum absolute atomic E-state index is 0.467. The van der Waals surface area contributed by atoms with Crippen molar-refractivity contribution >= 4 is 60.4 Å². The van der Waals surface area contributed by atoms with Gasteiger partial charge in [0, 0.05) is 33.2 Å². The molecule has 0 saturated carbocycles. The molecule has 1 aliphatic carbocycles. The second-order valence-corrected chi connectivity index (χ2v) is 15.6. The maximum atomic E-state index is 2.47. The van der Waals surface area contributed by atoms with Gasteiger partial charge in [-0.2, -0.15) is 0 Å². The Morgan fingerprint density at radius 2 is 0.864 bits per heavy atom. The maximum absolute atomic E-state index is 2.47. The van der Waals surface area contributed by atoms with E-state index in [4.69, 9.17) is 0 Å². The highest BCUT2D eigenvalue weighted by Gasteiger charge is 2.45. The van der Waals surface area contributed by atoms with Gasteiger partial charge >= 0.3 is 0 Å². The summed E-state index contributed by atoms with van der Waals surface area (Å²) in [5.74, 6) is 0. The predicted octanol–water partition coefficient (Wildman–Crippen LogP) is 14.9. The Bertz CT molecular complexity index is 3330. The lowest BCUT2D eigenvalue weighted by atomic mass is 9.68. The lowest BCUT2D eigenvalue weighted by molar-refractivity contribution is 0.768. The highest BCUT2D eigenvalue weighted by molar-refractivity contribution is 6.15. The van der Waals surface area contributed by atoms with Crippen LogP contribution in [0.5, 0.6) is 0 Å². The first-order valence-electron chi connectivity index (χ1n) is 20.4. The molecule has 1 aromatic heterocycles. The van der Waals surface area contributed by atoms with Gasteiger partial charge in [-0.05, 0) is 104 Å². The number of benzene rings is 10. The Morgan fingerprint density at radius 1 is 0.339 bits per heavy atom. The molecule has 0 spiro atoms. The largest absolute Gasteiger partial charge is 0.310 e. The van der Waals surface area contributed by atoms with Gasteiger partial charge in [0.25, 0.3) is 0 Å². The van der Waals surface area contributed by atoms with Crippen molar-refractivity contribution in [1.82, 2.24) is 4.57 Å². The number of fused-ring (bicyclic) bond motifs is 9. The number of hydrogen-bond donors (Lipinski definition) is 0. The molecule has 2 heteroatoms. The van der Waals surface area contributed by atoms with E-state index >= 15 is 0 Å². The molecule has 11 aromatic rings. The highest BCUT2D eigenvalue weighted by atomic mass is 15.1. The number of aromatic nitrogens is 1. The molecule has 0 bridgehead atoms. The van der Waals surface area contributed by atoms with Crippen molar-refractivity contribution in [1.29, 1.82) is 0 Å². The molecule has 1 heterocycles. The van der Waals surface area contributed by atoms with Crippen LogP contribution in [0.2, 0.25) is 0 Å². The second-order valence-electron chi connectivity index (χ2n) is 15.6. The van der Waals surface area contributed by atoms with Gasteiger partial charge in [0.2, 0.25) is 0 Å². The van der Waals surface area contributed by atoms with Crippen molar-refractivity contribution in [2.24, 2.45) is 0 Å². The Morgan fingerprint density at radius 3 is 1.59 bits per heavy atom. The standard InChI is InChI=1S/C57H38N2/c1-3-18-40(19-4-1)57(52-28-14-11-24-47(52)48-25-12-15-29-53(48)57)41-31-33-43(34-32-41)58(56-37-39-17-7-8-22-45(39)46-23-9-10-26-49(46)56)44-35-36-55-51(38-44)50-27-13-16-30-54(50)59(55)42-20-5-2-6-21-42/h1-38H. The Kier molecular flexibility index (Phi) is 7.48. The van der Waals surface area contributed by atoms with Gasteiger partial charge in [-0.3, -0.25) is 0 Å². The van der Waals surface area contributed by atoms with Crippen molar-refractivity contribution in [2.45, 2.75) is 5.41 Å². The Balaban J connectivity index is 1.12. The van der Waals surface area contributed by atoms with Crippen LogP contribution in [0.4, 0.5) is 17.1 Å². The van der Waals surface area contributed by atoms with Crippen molar-refractivity contribution in [3.63, 3.8) is 0 Å². The smallest absolute Gasteiger partial charge is 0.0713 e. The van der Waals surface area contributed by atoms with Crippen LogP contribution < -0.4 is 4.90 Å². The fourth-order valence-electron chi connectivity index (χ4n) is 10.2. The highest BCUT2D eigenvalue weighted by Crippen LogP contribution is 2.56. The number of anilines is 3. The van der Waals surface area contributed by atoms with Crippen molar-refractivity contribution in [3.8, 4) is 16.8 Å². The minimum atomic E-state index is -0.467. The molecule has 12 rings (SSSR count). The van der Waals surface area contributed by atoms with E-state index in [0.717, 1.165) is 22.7 Å². The Hall–Kier alpha value is -7.68. The van der Waals surface area contributed by atoms with E-state index in [1.54, 1.807) is 0 Å². The molecule has 0 radical (unpaired) electrons. The van der Waals surface area contributed by atoms with Crippen LogP contribution in [0.15, 0.2) is 231 Å². The number of para-hydroxylation sites is 2. The molecule has 59 heavy (non-hydrogen) atoms. The van der Waals surface area contributed by atoms with Crippen LogP contribution in [0.25, 0.3) is 60.2 Å². The molecular weight excluding hydrogens is 713 g/mol. The van der Waals surface area contributed by atoms with Crippen molar-refractivity contribution in [3.05, 3.63) is 253 Å². The van der Waals surface area contributed by atoms with Crippen molar-refractivity contribution in [2.75, 3.05) is 4.90 Å². The molecule has 0 N–H and O–H groups in total. The van der Waals surface area contributed by atoms with Crippen LogP contribution in [-0.2, 0) is 5.41 Å². The summed E-state index contributed by atoms with van der Waals surface area (Å²) >= 11 is 0. The molecule has 0 aliphatic heterocycles. The average Bonchev–Trinajstić information content (AvgIpc) is 3.81. The molecule has 2 nitrogen and oxygen atoms in total. The normalized spacial score (nSPS) is 12.9. The van der Waals surface area contributed by atoms with E-state index in [1.165, 1.54) is 76.7 Å². The number of hydrogen-bond acceptors (Lipinski definition) is 1. The summed E-state index contributed by atoms with van der Waals surface area (Å²) in [6.45, 7) is 0. The summed E-state index contributed by atoms with van der Waals surface area (Å²) < 4.78 is 2.39. The van der Waals surface area contributed by atoms with E-state index in [1.807, 2.05) is 0 Å².